The molecule has 2 atom stereocenters. The summed E-state index contributed by atoms with van der Waals surface area (Å²) < 4.78 is 48.7. The van der Waals surface area contributed by atoms with Crippen LogP contribution < -0.4 is 20.1 Å². The molecule has 0 bridgehead atoms. The lowest BCUT2D eigenvalue weighted by Gasteiger charge is -2.15. The van der Waals surface area contributed by atoms with Gasteiger partial charge in [-0.15, -0.1) is 0 Å². The average Bonchev–Trinajstić information content (AvgIpc) is 3.08. The number of ether oxygens (including phenoxy) is 2. The van der Waals surface area contributed by atoms with Gasteiger partial charge in [0.05, 0.1) is 30.5 Å². The number of methoxy groups -OCH3 is 1. The van der Waals surface area contributed by atoms with Crippen LogP contribution in [-0.2, 0) is 11.0 Å². The van der Waals surface area contributed by atoms with E-state index in [0.717, 1.165) is 12.1 Å². The first-order valence-electron chi connectivity index (χ1n) is 8.51. The van der Waals surface area contributed by atoms with E-state index in [-0.39, 0.29) is 11.7 Å². The highest BCUT2D eigenvalue weighted by Gasteiger charge is 2.30. The van der Waals surface area contributed by atoms with Gasteiger partial charge in [-0.2, -0.15) is 13.2 Å². The number of alkyl halides is 3. The van der Waals surface area contributed by atoms with E-state index in [1.165, 1.54) is 25.3 Å². The molecule has 0 aliphatic carbocycles. The maximum absolute atomic E-state index is 12.6. The second-order valence-electron chi connectivity index (χ2n) is 6.33. The van der Waals surface area contributed by atoms with E-state index in [2.05, 4.69) is 10.6 Å². The van der Waals surface area contributed by atoms with Crippen LogP contribution >= 0.6 is 0 Å². The Labute approximate surface area is 159 Å². The summed E-state index contributed by atoms with van der Waals surface area (Å²) in [5.41, 5.74) is -0.422. The first kappa shape index (κ1) is 20.0. The van der Waals surface area contributed by atoms with Gasteiger partial charge in [-0.25, -0.2) is 0 Å². The van der Waals surface area contributed by atoms with Gasteiger partial charge in [0.15, 0.2) is 0 Å². The predicted molar refractivity (Wildman–Crippen MR) is 95.6 cm³/mol. The molecule has 9 heteroatoms. The monoisotopic (exact) mass is 396 g/mol. The van der Waals surface area contributed by atoms with Gasteiger partial charge in [0.1, 0.15) is 17.2 Å². The van der Waals surface area contributed by atoms with Gasteiger partial charge in [-0.3, -0.25) is 4.79 Å². The van der Waals surface area contributed by atoms with E-state index >= 15 is 0 Å². The number of carbonyl (C=O) groups is 1. The lowest BCUT2D eigenvalue weighted by atomic mass is 10.2. The minimum Gasteiger partial charge on any atom is -0.495 e. The van der Waals surface area contributed by atoms with Crippen molar-refractivity contribution in [2.24, 2.45) is 0 Å². The van der Waals surface area contributed by atoms with Crippen LogP contribution in [0.4, 0.5) is 18.9 Å². The van der Waals surface area contributed by atoms with E-state index in [9.17, 15) is 23.1 Å². The zero-order valence-electron chi connectivity index (χ0n) is 14.9. The third-order valence-corrected chi connectivity index (χ3v) is 4.27. The Morgan fingerprint density at radius 1 is 1.18 bits per heavy atom. The lowest BCUT2D eigenvalue weighted by Crippen LogP contribution is -2.35. The van der Waals surface area contributed by atoms with Gasteiger partial charge in [0, 0.05) is 12.6 Å². The van der Waals surface area contributed by atoms with Crippen molar-refractivity contribution in [1.82, 2.24) is 5.32 Å². The van der Waals surface area contributed by atoms with Crippen molar-refractivity contribution in [2.75, 3.05) is 19.0 Å². The summed E-state index contributed by atoms with van der Waals surface area (Å²) in [5.74, 6) is 0.597. The average molecular weight is 396 g/mol. The van der Waals surface area contributed by atoms with E-state index in [4.69, 9.17) is 9.47 Å². The van der Waals surface area contributed by atoms with E-state index in [1.807, 2.05) is 0 Å². The normalized spacial score (nSPS) is 19.3. The molecule has 3 N–H and O–H groups in total. The highest BCUT2D eigenvalue weighted by atomic mass is 19.4. The van der Waals surface area contributed by atoms with Crippen LogP contribution in [0.2, 0.25) is 0 Å². The van der Waals surface area contributed by atoms with Gasteiger partial charge in [-0.1, -0.05) is 0 Å². The molecule has 28 heavy (non-hydrogen) atoms. The number of anilines is 1. The zero-order chi connectivity index (χ0) is 20.3. The summed E-state index contributed by atoms with van der Waals surface area (Å²) in [6.45, 7) is 0.340. The predicted octanol–water partition coefficient (Wildman–Crippen LogP) is 3.17. The number of β-amino-alcohol motifs (C(OH)–C–C–N with tert-alkyl or cyclic N) is 1. The number of hydrogen-bond acceptors (Lipinski definition) is 5. The molecule has 2 aromatic rings. The molecule has 2 unspecified atom stereocenters. The van der Waals surface area contributed by atoms with Crippen LogP contribution in [0.15, 0.2) is 42.5 Å². The number of aliphatic hydroxyl groups is 1. The van der Waals surface area contributed by atoms with E-state index in [0.29, 0.717) is 30.2 Å². The topological polar surface area (TPSA) is 79.8 Å². The van der Waals surface area contributed by atoms with Gasteiger partial charge in [-0.05, 0) is 42.8 Å². The minimum absolute atomic E-state index is 0.219. The molecule has 0 spiro atoms. The number of rotatable bonds is 5. The SMILES string of the molecule is COc1ccc(Oc2ccc(C(F)(F)F)cc2)cc1NC(=O)C1CC(O)CN1. The fraction of sp³-hybridized carbons (Fsp3) is 0.316. The number of aliphatic hydroxyl groups excluding tert-OH is 1. The smallest absolute Gasteiger partial charge is 0.416 e. The van der Waals surface area contributed by atoms with Crippen LogP contribution in [0.1, 0.15) is 12.0 Å². The van der Waals surface area contributed by atoms with Crippen molar-refractivity contribution < 1.29 is 32.5 Å². The van der Waals surface area contributed by atoms with Gasteiger partial charge in [0.25, 0.3) is 0 Å². The Bertz CT molecular complexity index is 840. The molecule has 1 saturated heterocycles. The quantitative estimate of drug-likeness (QED) is 0.724. The summed E-state index contributed by atoms with van der Waals surface area (Å²) in [4.78, 5) is 12.3. The fourth-order valence-electron chi connectivity index (χ4n) is 2.83. The second-order valence-corrected chi connectivity index (χ2v) is 6.33. The Balaban J connectivity index is 1.74. The molecule has 2 aromatic carbocycles. The van der Waals surface area contributed by atoms with Crippen molar-refractivity contribution in [3.63, 3.8) is 0 Å². The highest BCUT2D eigenvalue weighted by Crippen LogP contribution is 2.34. The number of benzene rings is 2. The molecule has 1 fully saturated rings. The van der Waals surface area contributed by atoms with Crippen LogP contribution in [-0.4, -0.2) is 36.8 Å². The maximum Gasteiger partial charge on any atom is 0.416 e. The number of hydrogen-bond donors (Lipinski definition) is 3. The number of nitrogens with one attached hydrogen (secondary N) is 2. The Hall–Kier alpha value is -2.78. The maximum atomic E-state index is 12.6. The lowest BCUT2D eigenvalue weighted by molar-refractivity contribution is -0.137. The van der Waals surface area contributed by atoms with Crippen molar-refractivity contribution in [3.05, 3.63) is 48.0 Å². The summed E-state index contributed by atoms with van der Waals surface area (Å²) in [7, 11) is 1.44. The van der Waals surface area contributed by atoms with Crippen LogP contribution in [0.5, 0.6) is 17.2 Å². The molecule has 1 aliphatic rings. The molecule has 150 valence electrons. The molecule has 0 radical (unpaired) electrons. The number of amides is 1. The minimum atomic E-state index is -4.42. The van der Waals surface area contributed by atoms with Crippen LogP contribution in [0.25, 0.3) is 0 Å². The van der Waals surface area contributed by atoms with Crippen LogP contribution in [0.3, 0.4) is 0 Å². The zero-order valence-corrected chi connectivity index (χ0v) is 14.9. The first-order chi connectivity index (χ1) is 13.3. The van der Waals surface area contributed by atoms with Crippen LogP contribution in [0, 0.1) is 0 Å². The third-order valence-electron chi connectivity index (χ3n) is 4.27. The Kier molecular flexibility index (Phi) is 5.76. The summed E-state index contributed by atoms with van der Waals surface area (Å²) in [6, 6.07) is 8.43. The van der Waals surface area contributed by atoms with Crippen molar-refractivity contribution >= 4 is 11.6 Å². The van der Waals surface area contributed by atoms with E-state index in [1.54, 1.807) is 12.1 Å². The van der Waals surface area contributed by atoms with Gasteiger partial charge >= 0.3 is 6.18 Å². The van der Waals surface area contributed by atoms with E-state index < -0.39 is 23.9 Å². The summed E-state index contributed by atoms with van der Waals surface area (Å²) in [5, 5.41) is 15.2. The summed E-state index contributed by atoms with van der Waals surface area (Å²) in [6.07, 6.45) is -4.69. The second kappa shape index (κ2) is 8.07. The molecule has 1 aliphatic heterocycles. The molecular weight excluding hydrogens is 377 g/mol. The molecule has 1 amide bonds. The van der Waals surface area contributed by atoms with Crippen molar-refractivity contribution in [2.45, 2.75) is 24.7 Å². The Morgan fingerprint density at radius 3 is 2.43 bits per heavy atom. The third kappa shape index (κ3) is 4.73. The number of halogens is 3. The highest BCUT2D eigenvalue weighted by molar-refractivity contribution is 5.96. The van der Waals surface area contributed by atoms with Gasteiger partial charge in [0.2, 0.25) is 5.91 Å². The molecule has 3 rings (SSSR count). The largest absolute Gasteiger partial charge is 0.495 e. The van der Waals surface area contributed by atoms with Crippen molar-refractivity contribution in [3.8, 4) is 17.2 Å². The fourth-order valence-corrected chi connectivity index (χ4v) is 2.83. The van der Waals surface area contributed by atoms with Crippen molar-refractivity contribution in [1.29, 1.82) is 0 Å². The first-order valence-corrected chi connectivity index (χ1v) is 8.51. The molecule has 6 nitrogen and oxygen atoms in total. The molecule has 0 aromatic heterocycles. The van der Waals surface area contributed by atoms with Gasteiger partial charge < -0.3 is 25.2 Å². The molecule has 0 saturated carbocycles. The standard InChI is InChI=1S/C19H19F3N2O4/c1-27-17-7-6-14(28-13-4-2-11(3-5-13)19(20,21)22)9-15(17)24-18(26)16-8-12(25)10-23-16/h2-7,9,12,16,23,25H,8,10H2,1H3,(H,24,26). The summed E-state index contributed by atoms with van der Waals surface area (Å²) >= 11 is 0. The molecule has 1 heterocycles. The molecular formula is C19H19F3N2O4. The number of carbonyl (C=O) groups excluding carboxylic acids is 1. The Morgan fingerprint density at radius 2 is 1.86 bits per heavy atom.